The van der Waals surface area contributed by atoms with Gasteiger partial charge in [0.05, 0.1) is 17.3 Å². The number of nitrogens with one attached hydrogen (secondary N) is 2. The van der Waals surface area contributed by atoms with E-state index in [0.717, 1.165) is 15.4 Å². The number of benzene rings is 5. The van der Waals surface area contributed by atoms with Gasteiger partial charge in [-0.2, -0.15) is 0 Å². The predicted octanol–water partition coefficient (Wildman–Crippen LogP) is 7.85. The van der Waals surface area contributed by atoms with Gasteiger partial charge in [0.25, 0.3) is 5.91 Å². The van der Waals surface area contributed by atoms with Crippen LogP contribution in [0.2, 0.25) is 10.0 Å². The van der Waals surface area contributed by atoms with Crippen molar-refractivity contribution in [3.05, 3.63) is 154 Å². The second-order valence-electron chi connectivity index (χ2n) is 12.2. The molecule has 1 heterocycles. The summed E-state index contributed by atoms with van der Waals surface area (Å²) in [6, 6.07) is 37.7. The first-order valence-electron chi connectivity index (χ1n) is 16.9. The van der Waals surface area contributed by atoms with Crippen LogP contribution in [0.4, 0.5) is 0 Å². The molecule has 0 bridgehead atoms. The number of carbonyl (C=O) groups is 1. The first-order chi connectivity index (χ1) is 25.7. The molecule has 1 aliphatic heterocycles. The number of aliphatic hydroxyl groups excluding tert-OH is 1. The van der Waals surface area contributed by atoms with Gasteiger partial charge in [-0.05, 0) is 72.3 Å². The number of carbonyl (C=O) groups excluding carboxylic acids is 1. The van der Waals surface area contributed by atoms with Crippen molar-refractivity contribution in [2.45, 2.75) is 45.7 Å². The van der Waals surface area contributed by atoms with Gasteiger partial charge in [0.1, 0.15) is 5.75 Å². The Kier molecular flexibility index (Phi) is 12.8. The molecule has 13 heteroatoms. The Labute approximate surface area is 323 Å². The van der Waals surface area contributed by atoms with Crippen molar-refractivity contribution in [3.63, 3.8) is 0 Å². The molecule has 0 fully saturated rings. The standard InChI is InChI=1S/C40H37Cl2N3O6S2/c41-30-18-21-34(35(42)26-30)37-40(22-25-53(48,49)33-13-5-2-6-14-33,44-38(51-37)28-16-19-31(20-17-28)50-24-9-23-46)39(47)45-43-27-29-10-7-8-15-36(29)52-32-11-3-1-4-12-32/h1-8,10-21,26,37,43,46H,9,22-25,27H2,(H,45,47)/t37-,40-/m0/s1. The largest absolute Gasteiger partial charge is 0.494 e. The lowest BCUT2D eigenvalue weighted by atomic mass is 9.85. The number of amides is 1. The molecule has 2 atom stereocenters. The summed E-state index contributed by atoms with van der Waals surface area (Å²) in [6.45, 7) is 0.614. The van der Waals surface area contributed by atoms with Gasteiger partial charge in [-0.1, -0.05) is 95.6 Å². The van der Waals surface area contributed by atoms with Crippen LogP contribution in [-0.4, -0.2) is 49.8 Å². The van der Waals surface area contributed by atoms with E-state index in [4.69, 9.17) is 42.8 Å². The highest BCUT2D eigenvalue weighted by Crippen LogP contribution is 2.45. The summed E-state index contributed by atoms with van der Waals surface area (Å²) in [5, 5.41) is 9.72. The van der Waals surface area contributed by atoms with Crippen LogP contribution in [0.1, 0.15) is 35.6 Å². The Morgan fingerprint density at radius 3 is 2.32 bits per heavy atom. The van der Waals surface area contributed by atoms with Crippen LogP contribution in [-0.2, 0) is 25.9 Å². The number of halogens is 2. The molecule has 0 aromatic heterocycles. The van der Waals surface area contributed by atoms with E-state index in [9.17, 15) is 13.2 Å². The monoisotopic (exact) mass is 789 g/mol. The third kappa shape index (κ3) is 9.42. The normalized spacial score (nSPS) is 16.8. The molecule has 0 saturated carbocycles. The SMILES string of the molecule is O=C(NNCc1ccccc1Sc1ccccc1)[C@@]1(CCS(=O)(=O)c2ccccc2)N=C(c2ccc(OCCCO)cc2)O[C@H]1c1ccc(Cl)cc1Cl. The maximum atomic E-state index is 14.7. The number of hydrazine groups is 1. The topological polar surface area (TPSA) is 126 Å². The fourth-order valence-electron chi connectivity index (χ4n) is 5.79. The minimum absolute atomic E-state index is 0.00946. The minimum Gasteiger partial charge on any atom is -0.494 e. The summed E-state index contributed by atoms with van der Waals surface area (Å²) in [5.74, 6) is -0.324. The molecule has 3 N–H and O–H groups in total. The van der Waals surface area contributed by atoms with E-state index >= 15 is 0 Å². The van der Waals surface area contributed by atoms with Gasteiger partial charge in [-0.25, -0.2) is 18.8 Å². The third-order valence-electron chi connectivity index (χ3n) is 8.55. The first-order valence-corrected chi connectivity index (χ1v) is 20.1. The number of ether oxygens (including phenoxy) is 2. The summed E-state index contributed by atoms with van der Waals surface area (Å²) in [4.78, 5) is 21.8. The van der Waals surface area contributed by atoms with Gasteiger partial charge in [-0.15, -0.1) is 0 Å². The smallest absolute Gasteiger partial charge is 0.266 e. The van der Waals surface area contributed by atoms with Crippen molar-refractivity contribution < 1.29 is 27.8 Å². The summed E-state index contributed by atoms with van der Waals surface area (Å²) in [6.07, 6.45) is -0.888. The second kappa shape index (κ2) is 17.6. The van der Waals surface area contributed by atoms with Gasteiger partial charge in [0, 0.05) is 57.0 Å². The predicted molar refractivity (Wildman–Crippen MR) is 208 cm³/mol. The summed E-state index contributed by atoms with van der Waals surface area (Å²) >= 11 is 14.6. The van der Waals surface area contributed by atoms with Gasteiger partial charge >= 0.3 is 0 Å². The van der Waals surface area contributed by atoms with Gasteiger partial charge in [0.2, 0.25) is 5.90 Å². The van der Waals surface area contributed by atoms with Crippen LogP contribution < -0.4 is 15.6 Å². The molecule has 274 valence electrons. The fourth-order valence-corrected chi connectivity index (χ4v) is 8.65. The molecule has 1 aliphatic rings. The zero-order valence-corrected chi connectivity index (χ0v) is 31.6. The molecular formula is C40H37Cl2N3O6S2. The van der Waals surface area contributed by atoms with E-state index in [1.54, 1.807) is 72.4 Å². The molecule has 5 aromatic carbocycles. The van der Waals surface area contributed by atoms with Crippen molar-refractivity contribution in [2.24, 2.45) is 4.99 Å². The van der Waals surface area contributed by atoms with E-state index in [2.05, 4.69) is 10.9 Å². The van der Waals surface area contributed by atoms with Crippen LogP contribution >= 0.6 is 35.0 Å². The van der Waals surface area contributed by atoms with Gasteiger partial charge in [0.15, 0.2) is 21.5 Å². The molecule has 0 aliphatic carbocycles. The average molecular weight is 791 g/mol. The highest BCUT2D eigenvalue weighted by atomic mass is 35.5. The van der Waals surface area contributed by atoms with E-state index < -0.39 is 33.1 Å². The Balaban J connectivity index is 1.35. The van der Waals surface area contributed by atoms with E-state index in [0.29, 0.717) is 34.9 Å². The first kappa shape index (κ1) is 38.4. The number of hydrogen-bond donors (Lipinski definition) is 3. The van der Waals surface area contributed by atoms with Crippen molar-refractivity contribution in [3.8, 4) is 5.75 Å². The zero-order chi connectivity index (χ0) is 37.3. The number of aliphatic imine (C=N–C) groups is 1. The van der Waals surface area contributed by atoms with Crippen molar-refractivity contribution in [1.29, 1.82) is 0 Å². The molecule has 0 saturated heterocycles. The molecule has 0 spiro atoms. The van der Waals surface area contributed by atoms with Crippen LogP contribution in [0.3, 0.4) is 0 Å². The van der Waals surface area contributed by atoms with Crippen LogP contribution in [0.5, 0.6) is 5.75 Å². The van der Waals surface area contributed by atoms with Crippen LogP contribution in [0.25, 0.3) is 0 Å². The Morgan fingerprint density at radius 1 is 0.906 bits per heavy atom. The van der Waals surface area contributed by atoms with Gasteiger partial charge < -0.3 is 14.6 Å². The lowest BCUT2D eigenvalue weighted by molar-refractivity contribution is -0.130. The third-order valence-corrected chi connectivity index (χ3v) is 12.0. The fraction of sp³-hybridized carbons (Fsp3) is 0.200. The molecular weight excluding hydrogens is 753 g/mol. The Hall–Kier alpha value is -4.36. The molecule has 1 amide bonds. The molecule has 6 rings (SSSR count). The molecule has 0 unspecified atom stereocenters. The molecule has 9 nitrogen and oxygen atoms in total. The highest BCUT2D eigenvalue weighted by Gasteiger charge is 2.54. The average Bonchev–Trinajstić information content (AvgIpc) is 3.56. The summed E-state index contributed by atoms with van der Waals surface area (Å²) in [7, 11) is -3.86. The van der Waals surface area contributed by atoms with Crippen molar-refractivity contribution in [2.75, 3.05) is 19.0 Å². The number of rotatable bonds is 16. The summed E-state index contributed by atoms with van der Waals surface area (Å²) < 4.78 is 39.6. The Bertz CT molecular complexity index is 2160. The number of sulfone groups is 1. The van der Waals surface area contributed by atoms with Gasteiger partial charge in [-0.3, -0.25) is 10.2 Å². The van der Waals surface area contributed by atoms with Crippen molar-refractivity contribution >= 4 is 56.6 Å². The van der Waals surface area contributed by atoms with E-state index in [1.807, 2.05) is 54.6 Å². The molecule has 5 aromatic rings. The molecule has 0 radical (unpaired) electrons. The van der Waals surface area contributed by atoms with Crippen LogP contribution in [0, 0.1) is 0 Å². The quantitative estimate of drug-likeness (QED) is 0.0682. The van der Waals surface area contributed by atoms with Crippen molar-refractivity contribution in [1.82, 2.24) is 10.9 Å². The summed E-state index contributed by atoms with van der Waals surface area (Å²) in [5.41, 5.74) is 5.99. The van der Waals surface area contributed by atoms with E-state index in [1.165, 1.54) is 12.1 Å². The number of aliphatic hydroxyl groups is 1. The lowest BCUT2D eigenvalue weighted by Gasteiger charge is -2.31. The molecule has 53 heavy (non-hydrogen) atoms. The maximum absolute atomic E-state index is 14.7. The lowest BCUT2D eigenvalue weighted by Crippen LogP contribution is -2.53. The maximum Gasteiger partial charge on any atom is 0.266 e. The number of hydrogen-bond acceptors (Lipinski definition) is 9. The highest BCUT2D eigenvalue weighted by molar-refractivity contribution is 7.99. The Morgan fingerprint density at radius 2 is 1.60 bits per heavy atom. The number of nitrogens with zero attached hydrogens (tertiary/aromatic N) is 1. The zero-order valence-electron chi connectivity index (χ0n) is 28.5. The minimum atomic E-state index is -3.86. The van der Waals surface area contributed by atoms with Crippen LogP contribution in [0.15, 0.2) is 147 Å². The van der Waals surface area contributed by atoms with E-state index in [-0.39, 0.29) is 35.4 Å². The second-order valence-corrected chi connectivity index (χ2v) is 16.2.